The second-order valence-electron chi connectivity index (χ2n) is 10.4. The van der Waals surface area contributed by atoms with Gasteiger partial charge in [-0.3, -0.25) is 4.79 Å². The molecule has 0 aliphatic heterocycles. The summed E-state index contributed by atoms with van der Waals surface area (Å²) in [6.45, 7) is 21.3. The van der Waals surface area contributed by atoms with E-state index in [1.165, 1.54) is 0 Å². The molecule has 1 N–H and O–H groups in total. The lowest BCUT2D eigenvalue weighted by atomic mass is 10.0. The van der Waals surface area contributed by atoms with Crippen molar-refractivity contribution in [3.63, 3.8) is 0 Å². The molecule has 0 aliphatic rings. The molecular weight excluding hydrogens is 410 g/mol. The van der Waals surface area contributed by atoms with Crippen LogP contribution >= 0.6 is 0 Å². The number of carbonyl (C=O) groups excluding carboxylic acids is 1. The lowest BCUT2D eigenvalue weighted by Gasteiger charge is -2.35. The fourth-order valence-corrected chi connectivity index (χ4v) is 2.74. The molecule has 0 atom stereocenters. The second kappa shape index (κ2) is 18.7. The van der Waals surface area contributed by atoms with Gasteiger partial charge in [-0.05, 0) is 30.1 Å². The van der Waals surface area contributed by atoms with Crippen LogP contribution in [0.2, 0.25) is 0 Å². The zero-order valence-corrected chi connectivity index (χ0v) is 22.0. The Balaban J connectivity index is 4.82. The highest BCUT2D eigenvalue weighted by atomic mass is 16.5. The van der Waals surface area contributed by atoms with Crippen LogP contribution < -0.4 is 5.32 Å². The number of hydrogen-bond donors (Lipinski definition) is 1. The molecule has 1 amide bonds. The van der Waals surface area contributed by atoms with E-state index >= 15 is 0 Å². The predicted molar refractivity (Wildman–Crippen MR) is 129 cm³/mol. The lowest BCUT2D eigenvalue weighted by molar-refractivity contribution is -0.133. The van der Waals surface area contributed by atoms with Crippen LogP contribution in [0.5, 0.6) is 0 Å². The van der Waals surface area contributed by atoms with Crippen molar-refractivity contribution in [3.05, 3.63) is 0 Å². The minimum atomic E-state index is -0.757. The number of hydrogen-bond acceptors (Lipinski definition) is 6. The molecule has 0 radical (unpaired) electrons. The maximum Gasteiger partial charge on any atom is 0.246 e. The van der Waals surface area contributed by atoms with Crippen molar-refractivity contribution in [1.29, 1.82) is 0 Å². The van der Waals surface area contributed by atoms with E-state index in [0.717, 1.165) is 6.42 Å². The molecule has 0 spiro atoms. The molecule has 7 nitrogen and oxygen atoms in total. The topological polar surface area (TPSA) is 75.3 Å². The summed E-state index contributed by atoms with van der Waals surface area (Å²) < 4.78 is 28.8. The molecule has 0 unspecified atom stereocenters. The van der Waals surface area contributed by atoms with E-state index in [2.05, 4.69) is 60.7 Å². The van der Waals surface area contributed by atoms with Crippen molar-refractivity contribution in [3.8, 4) is 0 Å². The Bertz CT molecular complexity index is 418. The van der Waals surface area contributed by atoms with E-state index in [-0.39, 0.29) is 12.5 Å². The van der Waals surface area contributed by atoms with E-state index in [1.54, 1.807) is 0 Å². The predicted octanol–water partition coefficient (Wildman–Crippen LogP) is 3.94. The molecule has 0 saturated heterocycles. The first kappa shape index (κ1) is 31.3. The average molecular weight is 462 g/mol. The standard InChI is InChI=1S/C25H51NO6/c1-20(2)9-10-28-11-12-29-16-24(27)26-25(17-30-13-21(3)4,18-31-14-22(5)6)19-32-15-23(7)8/h20-23H,9-19H2,1-8H3,(H,26,27). The van der Waals surface area contributed by atoms with Crippen LogP contribution in [0, 0.1) is 23.7 Å². The maximum absolute atomic E-state index is 12.7. The summed E-state index contributed by atoms with van der Waals surface area (Å²) in [5, 5.41) is 3.09. The molecule has 192 valence electrons. The monoisotopic (exact) mass is 461 g/mol. The zero-order valence-electron chi connectivity index (χ0n) is 22.0. The Morgan fingerprint density at radius 1 is 0.625 bits per heavy atom. The van der Waals surface area contributed by atoms with Crippen LogP contribution in [0.4, 0.5) is 0 Å². The Morgan fingerprint density at radius 2 is 1.06 bits per heavy atom. The zero-order chi connectivity index (χ0) is 24.4. The minimum Gasteiger partial charge on any atom is -0.379 e. The van der Waals surface area contributed by atoms with Crippen LogP contribution in [0.25, 0.3) is 0 Å². The molecule has 0 rings (SSSR count). The first-order valence-electron chi connectivity index (χ1n) is 12.3. The van der Waals surface area contributed by atoms with Gasteiger partial charge in [0.2, 0.25) is 5.91 Å². The molecule has 0 aromatic heterocycles. The van der Waals surface area contributed by atoms with Crippen LogP contribution in [0.1, 0.15) is 61.8 Å². The third-order valence-corrected chi connectivity index (χ3v) is 4.34. The fraction of sp³-hybridized carbons (Fsp3) is 0.960. The van der Waals surface area contributed by atoms with Gasteiger partial charge in [-0.15, -0.1) is 0 Å². The summed E-state index contributed by atoms with van der Waals surface area (Å²) in [5.41, 5.74) is -0.757. The van der Waals surface area contributed by atoms with Gasteiger partial charge in [0.25, 0.3) is 0 Å². The molecule has 0 aliphatic carbocycles. The summed E-state index contributed by atoms with van der Waals surface area (Å²) in [4.78, 5) is 12.7. The van der Waals surface area contributed by atoms with Gasteiger partial charge in [-0.25, -0.2) is 0 Å². The Morgan fingerprint density at radius 3 is 1.47 bits per heavy atom. The Kier molecular flexibility index (Phi) is 18.2. The normalized spacial score (nSPS) is 12.5. The number of rotatable bonds is 21. The van der Waals surface area contributed by atoms with Gasteiger partial charge >= 0.3 is 0 Å². The molecular formula is C25H51NO6. The molecule has 0 heterocycles. The number of nitrogens with one attached hydrogen (secondary N) is 1. The maximum atomic E-state index is 12.7. The highest BCUT2D eigenvalue weighted by Crippen LogP contribution is 2.12. The molecule has 0 saturated carbocycles. The Labute approximate surface area is 197 Å². The van der Waals surface area contributed by atoms with Crippen molar-refractivity contribution < 1.29 is 28.5 Å². The SMILES string of the molecule is CC(C)CCOCCOCC(=O)NC(COCC(C)C)(COCC(C)C)COCC(C)C. The van der Waals surface area contributed by atoms with Gasteiger partial charge in [0.1, 0.15) is 12.1 Å². The summed E-state index contributed by atoms with van der Waals surface area (Å²) in [7, 11) is 0. The number of amides is 1. The van der Waals surface area contributed by atoms with Gasteiger partial charge < -0.3 is 29.0 Å². The Hall–Kier alpha value is -0.730. The molecule has 7 heteroatoms. The van der Waals surface area contributed by atoms with E-state index < -0.39 is 5.54 Å². The highest BCUT2D eigenvalue weighted by molar-refractivity contribution is 5.78. The van der Waals surface area contributed by atoms with Gasteiger partial charge in [-0.2, -0.15) is 0 Å². The molecule has 0 aromatic carbocycles. The van der Waals surface area contributed by atoms with Gasteiger partial charge in [0, 0.05) is 26.4 Å². The molecule has 0 fully saturated rings. The first-order valence-corrected chi connectivity index (χ1v) is 12.3. The average Bonchev–Trinajstić information content (AvgIpc) is 2.66. The smallest absolute Gasteiger partial charge is 0.246 e. The van der Waals surface area contributed by atoms with E-state index in [4.69, 9.17) is 23.7 Å². The van der Waals surface area contributed by atoms with Crippen molar-refractivity contribution in [2.75, 3.05) is 66.1 Å². The van der Waals surface area contributed by atoms with Crippen LogP contribution in [-0.2, 0) is 28.5 Å². The molecule has 32 heavy (non-hydrogen) atoms. The van der Waals surface area contributed by atoms with E-state index in [0.29, 0.717) is 83.1 Å². The van der Waals surface area contributed by atoms with Crippen LogP contribution in [-0.4, -0.2) is 77.5 Å². The number of carbonyl (C=O) groups is 1. The summed E-state index contributed by atoms with van der Waals surface area (Å²) in [5.74, 6) is 1.60. The van der Waals surface area contributed by atoms with Crippen LogP contribution in [0.15, 0.2) is 0 Å². The fourth-order valence-electron chi connectivity index (χ4n) is 2.74. The highest BCUT2D eigenvalue weighted by Gasteiger charge is 2.34. The van der Waals surface area contributed by atoms with Crippen molar-refractivity contribution in [2.45, 2.75) is 67.3 Å². The quantitative estimate of drug-likeness (QED) is 0.261. The third kappa shape index (κ3) is 18.8. The van der Waals surface area contributed by atoms with Crippen molar-refractivity contribution in [1.82, 2.24) is 5.32 Å². The summed E-state index contributed by atoms with van der Waals surface area (Å²) in [6, 6.07) is 0. The van der Waals surface area contributed by atoms with Gasteiger partial charge in [0.15, 0.2) is 0 Å². The lowest BCUT2D eigenvalue weighted by Crippen LogP contribution is -2.59. The van der Waals surface area contributed by atoms with Gasteiger partial charge in [0.05, 0.1) is 33.0 Å². The summed E-state index contributed by atoms with van der Waals surface area (Å²) >= 11 is 0. The second-order valence-corrected chi connectivity index (χ2v) is 10.4. The first-order chi connectivity index (χ1) is 15.1. The van der Waals surface area contributed by atoms with E-state index in [9.17, 15) is 4.79 Å². The van der Waals surface area contributed by atoms with Crippen molar-refractivity contribution in [2.24, 2.45) is 23.7 Å². The summed E-state index contributed by atoms with van der Waals surface area (Å²) in [6.07, 6.45) is 1.02. The van der Waals surface area contributed by atoms with Crippen LogP contribution in [0.3, 0.4) is 0 Å². The number of ether oxygens (including phenoxy) is 5. The third-order valence-electron chi connectivity index (χ3n) is 4.34. The minimum absolute atomic E-state index is 0.0339. The molecule has 0 bridgehead atoms. The van der Waals surface area contributed by atoms with E-state index in [1.807, 2.05) is 0 Å². The van der Waals surface area contributed by atoms with Crippen molar-refractivity contribution >= 4 is 5.91 Å². The largest absolute Gasteiger partial charge is 0.379 e. The molecule has 0 aromatic rings. The van der Waals surface area contributed by atoms with Gasteiger partial charge in [-0.1, -0.05) is 55.4 Å².